The van der Waals surface area contributed by atoms with Gasteiger partial charge in [-0.25, -0.2) is 0 Å². The first-order chi connectivity index (χ1) is 6.84. The Labute approximate surface area is 93.8 Å². The van der Waals surface area contributed by atoms with Gasteiger partial charge in [0, 0.05) is 17.5 Å². The Hall–Kier alpha value is -0.310. The molecule has 0 aliphatic heterocycles. The molecule has 0 amide bonds. The van der Waals surface area contributed by atoms with Gasteiger partial charge in [-0.15, -0.1) is 11.3 Å². The van der Waals surface area contributed by atoms with Gasteiger partial charge in [0.25, 0.3) is 0 Å². The lowest BCUT2D eigenvalue weighted by molar-refractivity contribution is 0.525. The van der Waals surface area contributed by atoms with Crippen molar-refractivity contribution in [1.82, 2.24) is 5.32 Å². The van der Waals surface area contributed by atoms with Gasteiger partial charge in [-0.05, 0) is 31.4 Å². The van der Waals surface area contributed by atoms with Crippen molar-refractivity contribution < 1.29 is 0 Å². The lowest BCUT2D eigenvalue weighted by atomic mass is 10.0. The van der Waals surface area contributed by atoms with Gasteiger partial charge >= 0.3 is 0 Å². The Morgan fingerprint density at radius 2 is 2.43 bits per heavy atom. The smallest absolute Gasteiger partial charge is 0.0931 e. The van der Waals surface area contributed by atoms with E-state index in [2.05, 4.69) is 23.5 Å². The highest BCUT2D eigenvalue weighted by Gasteiger charge is 2.07. The second-order valence-electron chi connectivity index (χ2n) is 3.55. The predicted molar refractivity (Wildman–Crippen MR) is 62.9 cm³/mol. The van der Waals surface area contributed by atoms with E-state index >= 15 is 0 Å². The van der Waals surface area contributed by atoms with E-state index in [9.17, 15) is 0 Å². The Balaban J connectivity index is 1.82. The van der Waals surface area contributed by atoms with E-state index in [-0.39, 0.29) is 0 Å². The number of thiophene rings is 1. The molecule has 1 nitrogen and oxygen atoms in total. The fourth-order valence-electron chi connectivity index (χ4n) is 1.66. The molecule has 14 heavy (non-hydrogen) atoms. The minimum Gasteiger partial charge on any atom is -0.306 e. The molecule has 0 saturated carbocycles. The van der Waals surface area contributed by atoms with Crippen LogP contribution in [0.2, 0.25) is 4.34 Å². The average Bonchev–Trinajstić information content (AvgIpc) is 2.63. The molecule has 0 aromatic carbocycles. The third kappa shape index (κ3) is 2.84. The van der Waals surface area contributed by atoms with Gasteiger partial charge in [0.2, 0.25) is 0 Å². The molecule has 0 bridgehead atoms. The third-order valence-corrected chi connectivity index (χ3v) is 3.65. The second-order valence-corrected chi connectivity index (χ2v) is 5.35. The number of hydrogen-bond donors (Lipinski definition) is 1. The lowest BCUT2D eigenvalue weighted by Crippen LogP contribution is -2.27. The summed E-state index contributed by atoms with van der Waals surface area (Å²) in [6.45, 7) is 0.937. The van der Waals surface area contributed by atoms with Crippen LogP contribution in [0.25, 0.3) is 0 Å². The predicted octanol–water partition coefficient (Wildman–Crippen LogP) is 3.60. The van der Waals surface area contributed by atoms with E-state index in [0.29, 0.717) is 6.04 Å². The maximum Gasteiger partial charge on any atom is 0.0931 e. The van der Waals surface area contributed by atoms with Crippen LogP contribution in [0.5, 0.6) is 0 Å². The zero-order chi connectivity index (χ0) is 9.80. The fourth-order valence-corrected chi connectivity index (χ4v) is 2.70. The van der Waals surface area contributed by atoms with Crippen LogP contribution in [0, 0.1) is 0 Å². The van der Waals surface area contributed by atoms with Crippen LogP contribution >= 0.6 is 22.9 Å². The first kappa shape index (κ1) is 10.2. The number of allylic oxidation sites excluding steroid dienone is 1. The van der Waals surface area contributed by atoms with Crippen LogP contribution in [0.15, 0.2) is 24.3 Å². The SMILES string of the molecule is Clc1ccc(CNC2C=CCCC2)s1. The molecule has 0 spiro atoms. The molecule has 1 aliphatic rings. The van der Waals surface area contributed by atoms with E-state index < -0.39 is 0 Å². The zero-order valence-electron chi connectivity index (χ0n) is 8.00. The van der Waals surface area contributed by atoms with Crippen LogP contribution in [0.1, 0.15) is 24.1 Å². The molecule has 2 rings (SSSR count). The molecule has 1 atom stereocenters. The average molecular weight is 228 g/mol. The Bertz CT molecular complexity index is 319. The fraction of sp³-hybridized carbons (Fsp3) is 0.455. The van der Waals surface area contributed by atoms with Crippen LogP contribution < -0.4 is 5.32 Å². The van der Waals surface area contributed by atoms with Crippen molar-refractivity contribution in [3.63, 3.8) is 0 Å². The summed E-state index contributed by atoms with van der Waals surface area (Å²) in [5.41, 5.74) is 0. The zero-order valence-corrected chi connectivity index (χ0v) is 9.57. The summed E-state index contributed by atoms with van der Waals surface area (Å²) in [7, 11) is 0. The normalized spacial score (nSPS) is 21.4. The summed E-state index contributed by atoms with van der Waals surface area (Å²) in [4.78, 5) is 1.31. The van der Waals surface area contributed by atoms with Crippen molar-refractivity contribution in [2.24, 2.45) is 0 Å². The highest BCUT2D eigenvalue weighted by molar-refractivity contribution is 7.16. The highest BCUT2D eigenvalue weighted by atomic mass is 35.5. The van der Waals surface area contributed by atoms with Gasteiger partial charge in [-0.3, -0.25) is 0 Å². The molecule has 0 fully saturated rings. The van der Waals surface area contributed by atoms with E-state index in [1.54, 1.807) is 11.3 Å². The first-order valence-corrected chi connectivity index (χ1v) is 6.18. The number of halogens is 1. The number of rotatable bonds is 3. The molecular weight excluding hydrogens is 214 g/mol. The van der Waals surface area contributed by atoms with E-state index in [1.807, 2.05) is 6.07 Å². The van der Waals surface area contributed by atoms with E-state index in [4.69, 9.17) is 11.6 Å². The van der Waals surface area contributed by atoms with Crippen molar-refractivity contribution in [1.29, 1.82) is 0 Å². The Morgan fingerprint density at radius 3 is 3.07 bits per heavy atom. The van der Waals surface area contributed by atoms with Crippen molar-refractivity contribution in [3.8, 4) is 0 Å². The molecule has 1 unspecified atom stereocenters. The highest BCUT2D eigenvalue weighted by Crippen LogP contribution is 2.21. The molecule has 0 saturated heterocycles. The van der Waals surface area contributed by atoms with Crippen molar-refractivity contribution in [2.75, 3.05) is 0 Å². The van der Waals surface area contributed by atoms with Crippen LogP contribution in [-0.2, 0) is 6.54 Å². The Kier molecular flexibility index (Phi) is 3.62. The quantitative estimate of drug-likeness (QED) is 0.779. The molecule has 76 valence electrons. The molecule has 1 heterocycles. The van der Waals surface area contributed by atoms with Gasteiger partial charge in [0.1, 0.15) is 0 Å². The molecule has 1 aromatic rings. The minimum absolute atomic E-state index is 0.560. The molecule has 1 N–H and O–H groups in total. The summed E-state index contributed by atoms with van der Waals surface area (Å²) < 4.78 is 0.876. The third-order valence-electron chi connectivity index (χ3n) is 2.42. The molecule has 3 heteroatoms. The monoisotopic (exact) mass is 227 g/mol. The topological polar surface area (TPSA) is 12.0 Å². The molecule has 1 aliphatic carbocycles. The summed E-state index contributed by atoms with van der Waals surface area (Å²) in [6.07, 6.45) is 8.35. The standard InChI is InChI=1S/C11H14ClNS/c12-11-7-6-10(14-11)8-13-9-4-2-1-3-5-9/h2,4,6-7,9,13H,1,3,5,8H2. The van der Waals surface area contributed by atoms with Gasteiger partial charge in [-0.1, -0.05) is 23.8 Å². The molecular formula is C11H14ClNS. The van der Waals surface area contributed by atoms with Crippen LogP contribution in [0.3, 0.4) is 0 Å². The summed E-state index contributed by atoms with van der Waals surface area (Å²) in [5.74, 6) is 0. The maximum absolute atomic E-state index is 5.86. The van der Waals surface area contributed by atoms with Gasteiger partial charge in [-0.2, -0.15) is 0 Å². The second kappa shape index (κ2) is 4.96. The van der Waals surface area contributed by atoms with Gasteiger partial charge in [0.05, 0.1) is 4.34 Å². The largest absolute Gasteiger partial charge is 0.306 e. The molecule has 1 aromatic heterocycles. The first-order valence-electron chi connectivity index (χ1n) is 4.99. The number of nitrogens with one attached hydrogen (secondary N) is 1. The van der Waals surface area contributed by atoms with Crippen molar-refractivity contribution in [2.45, 2.75) is 31.8 Å². The van der Waals surface area contributed by atoms with Crippen molar-refractivity contribution in [3.05, 3.63) is 33.5 Å². The van der Waals surface area contributed by atoms with Crippen LogP contribution in [-0.4, -0.2) is 6.04 Å². The summed E-state index contributed by atoms with van der Waals surface area (Å²) >= 11 is 7.51. The van der Waals surface area contributed by atoms with Gasteiger partial charge < -0.3 is 5.32 Å². The number of hydrogen-bond acceptors (Lipinski definition) is 2. The van der Waals surface area contributed by atoms with Gasteiger partial charge in [0.15, 0.2) is 0 Å². The van der Waals surface area contributed by atoms with E-state index in [1.165, 1.54) is 24.1 Å². The Morgan fingerprint density at radius 1 is 1.50 bits per heavy atom. The van der Waals surface area contributed by atoms with Crippen molar-refractivity contribution >= 4 is 22.9 Å². The maximum atomic E-state index is 5.86. The van der Waals surface area contributed by atoms with E-state index in [0.717, 1.165) is 10.9 Å². The summed E-state index contributed by atoms with van der Waals surface area (Å²) in [6, 6.07) is 4.61. The van der Waals surface area contributed by atoms with Crippen LogP contribution in [0.4, 0.5) is 0 Å². The molecule has 0 radical (unpaired) electrons. The summed E-state index contributed by atoms with van der Waals surface area (Å²) in [5, 5.41) is 3.52. The minimum atomic E-state index is 0.560. The lowest BCUT2D eigenvalue weighted by Gasteiger charge is -2.17.